The first-order chi connectivity index (χ1) is 9.56. The molecule has 1 aromatic rings. The van der Waals surface area contributed by atoms with Crippen LogP contribution < -0.4 is 15.5 Å². The number of hydrogen-bond acceptors (Lipinski definition) is 3. The van der Waals surface area contributed by atoms with Crippen molar-refractivity contribution in [1.82, 2.24) is 10.6 Å². The van der Waals surface area contributed by atoms with Crippen molar-refractivity contribution in [3.63, 3.8) is 0 Å². The van der Waals surface area contributed by atoms with Crippen LogP contribution in [0.3, 0.4) is 0 Å². The smallest absolute Gasteiger partial charge is 0.239 e. The third-order valence-corrected chi connectivity index (χ3v) is 3.05. The van der Waals surface area contributed by atoms with Crippen LogP contribution in [0, 0.1) is 0 Å². The van der Waals surface area contributed by atoms with Gasteiger partial charge in [0.05, 0.1) is 6.54 Å². The summed E-state index contributed by atoms with van der Waals surface area (Å²) in [4.78, 5) is 13.9. The number of amides is 1. The Morgan fingerprint density at radius 2 is 1.85 bits per heavy atom. The number of nitrogens with zero attached hydrogens (tertiary/aromatic N) is 1. The molecule has 0 aliphatic rings. The van der Waals surface area contributed by atoms with Gasteiger partial charge in [-0.15, -0.1) is 0 Å². The Hall–Kier alpha value is -1.55. The Kier molecular flexibility index (Phi) is 7.09. The maximum absolute atomic E-state index is 11.8. The Balaban J connectivity index is 2.62. The molecule has 0 aliphatic heterocycles. The highest BCUT2D eigenvalue weighted by Crippen LogP contribution is 2.15. The van der Waals surface area contributed by atoms with Gasteiger partial charge >= 0.3 is 0 Å². The molecule has 0 saturated carbocycles. The van der Waals surface area contributed by atoms with E-state index in [4.69, 9.17) is 0 Å². The van der Waals surface area contributed by atoms with Crippen LogP contribution in [0.5, 0.6) is 0 Å². The molecule has 0 bridgehead atoms. The molecule has 0 radical (unpaired) electrons. The fourth-order valence-electron chi connectivity index (χ4n) is 2.02. The molecule has 20 heavy (non-hydrogen) atoms. The molecule has 0 saturated heterocycles. The molecule has 1 rings (SSSR count). The molecule has 0 unspecified atom stereocenters. The van der Waals surface area contributed by atoms with Gasteiger partial charge in [0.2, 0.25) is 5.91 Å². The van der Waals surface area contributed by atoms with Crippen molar-refractivity contribution in [2.75, 3.05) is 24.5 Å². The van der Waals surface area contributed by atoms with E-state index in [2.05, 4.69) is 53.6 Å². The molecular formula is C16H27N3O. The van der Waals surface area contributed by atoms with Crippen molar-refractivity contribution in [1.29, 1.82) is 0 Å². The molecule has 112 valence electrons. The van der Waals surface area contributed by atoms with Crippen LogP contribution in [0.4, 0.5) is 5.69 Å². The summed E-state index contributed by atoms with van der Waals surface area (Å²) >= 11 is 0. The van der Waals surface area contributed by atoms with Crippen LogP contribution in [-0.4, -0.2) is 31.6 Å². The van der Waals surface area contributed by atoms with Gasteiger partial charge in [0.15, 0.2) is 0 Å². The second-order valence-electron chi connectivity index (χ2n) is 5.18. The van der Waals surface area contributed by atoms with E-state index >= 15 is 0 Å². The molecule has 0 atom stereocenters. The number of rotatable bonds is 8. The van der Waals surface area contributed by atoms with Gasteiger partial charge in [-0.25, -0.2) is 0 Å². The van der Waals surface area contributed by atoms with Gasteiger partial charge in [0.25, 0.3) is 0 Å². The second kappa shape index (κ2) is 8.59. The molecule has 0 spiro atoms. The summed E-state index contributed by atoms with van der Waals surface area (Å²) in [6, 6.07) is 8.57. The van der Waals surface area contributed by atoms with E-state index in [1.54, 1.807) is 0 Å². The number of carbonyl (C=O) groups is 1. The fraction of sp³-hybridized carbons (Fsp3) is 0.562. The summed E-state index contributed by atoms with van der Waals surface area (Å²) in [6.45, 7) is 11.2. The maximum Gasteiger partial charge on any atom is 0.239 e. The average Bonchev–Trinajstić information content (AvgIpc) is 2.42. The third-order valence-electron chi connectivity index (χ3n) is 3.05. The van der Waals surface area contributed by atoms with Crippen molar-refractivity contribution >= 4 is 11.6 Å². The largest absolute Gasteiger partial charge is 0.363 e. The van der Waals surface area contributed by atoms with Crippen LogP contribution in [0.1, 0.15) is 33.3 Å². The highest BCUT2D eigenvalue weighted by atomic mass is 16.2. The summed E-state index contributed by atoms with van der Waals surface area (Å²) in [5.74, 6) is 0.0681. The van der Waals surface area contributed by atoms with Gasteiger partial charge < -0.3 is 15.5 Å². The normalized spacial score (nSPS) is 10.7. The molecule has 0 aromatic heterocycles. The molecule has 2 N–H and O–H groups in total. The van der Waals surface area contributed by atoms with E-state index < -0.39 is 0 Å². The number of carbonyl (C=O) groups excluding carboxylic acids is 1. The maximum atomic E-state index is 11.8. The van der Waals surface area contributed by atoms with Crippen molar-refractivity contribution in [3.05, 3.63) is 29.8 Å². The zero-order chi connectivity index (χ0) is 15.0. The minimum atomic E-state index is 0.0681. The molecule has 4 nitrogen and oxygen atoms in total. The SMILES string of the molecule is CCNCc1ccc(N(CC)CC(=O)NC(C)C)cc1. The first-order valence-electron chi connectivity index (χ1n) is 7.40. The highest BCUT2D eigenvalue weighted by Gasteiger charge is 2.10. The number of likely N-dealkylation sites (N-methyl/N-ethyl adjacent to an activating group) is 1. The van der Waals surface area contributed by atoms with Crippen LogP contribution in [0.25, 0.3) is 0 Å². The average molecular weight is 277 g/mol. The van der Waals surface area contributed by atoms with Crippen LogP contribution in [-0.2, 0) is 11.3 Å². The number of hydrogen-bond donors (Lipinski definition) is 2. The topological polar surface area (TPSA) is 44.4 Å². The van der Waals surface area contributed by atoms with Gasteiger partial charge in [-0.3, -0.25) is 4.79 Å². The van der Waals surface area contributed by atoms with Crippen molar-refractivity contribution in [2.24, 2.45) is 0 Å². The van der Waals surface area contributed by atoms with E-state index in [0.717, 1.165) is 25.3 Å². The Labute approximate surface area is 122 Å². The molecule has 0 heterocycles. The molecule has 0 aliphatic carbocycles. The molecule has 4 heteroatoms. The zero-order valence-corrected chi connectivity index (χ0v) is 13.1. The lowest BCUT2D eigenvalue weighted by molar-refractivity contribution is -0.120. The summed E-state index contributed by atoms with van der Waals surface area (Å²) in [7, 11) is 0. The minimum absolute atomic E-state index is 0.0681. The van der Waals surface area contributed by atoms with Gasteiger partial charge in [-0.1, -0.05) is 19.1 Å². The van der Waals surface area contributed by atoms with Gasteiger partial charge in [0.1, 0.15) is 0 Å². The quantitative estimate of drug-likeness (QED) is 0.765. The molecule has 1 aromatic carbocycles. The van der Waals surface area contributed by atoms with Crippen molar-refractivity contribution in [3.8, 4) is 0 Å². The lowest BCUT2D eigenvalue weighted by atomic mass is 10.2. The Bertz CT molecular complexity index is 401. The zero-order valence-electron chi connectivity index (χ0n) is 13.1. The van der Waals surface area contributed by atoms with Crippen LogP contribution in [0.15, 0.2) is 24.3 Å². The standard InChI is InChI=1S/C16H27N3O/c1-5-17-11-14-7-9-15(10-8-14)19(6-2)12-16(20)18-13(3)4/h7-10,13,17H,5-6,11-12H2,1-4H3,(H,18,20). The van der Waals surface area contributed by atoms with Gasteiger partial charge in [-0.05, 0) is 45.0 Å². The van der Waals surface area contributed by atoms with E-state index in [1.807, 2.05) is 13.8 Å². The monoisotopic (exact) mass is 277 g/mol. The van der Waals surface area contributed by atoms with Crippen LogP contribution in [0.2, 0.25) is 0 Å². The number of nitrogens with one attached hydrogen (secondary N) is 2. The molecule has 0 fully saturated rings. The first-order valence-corrected chi connectivity index (χ1v) is 7.40. The van der Waals surface area contributed by atoms with E-state index in [1.165, 1.54) is 5.56 Å². The summed E-state index contributed by atoms with van der Waals surface area (Å²) in [5.41, 5.74) is 2.35. The fourth-order valence-corrected chi connectivity index (χ4v) is 2.02. The van der Waals surface area contributed by atoms with Crippen molar-refractivity contribution in [2.45, 2.75) is 40.3 Å². The molecular weight excluding hydrogens is 250 g/mol. The van der Waals surface area contributed by atoms with E-state index in [9.17, 15) is 4.79 Å². The lowest BCUT2D eigenvalue weighted by Crippen LogP contribution is -2.40. The third kappa shape index (κ3) is 5.61. The predicted octanol–water partition coefficient (Wildman–Crippen LogP) is 2.15. The highest BCUT2D eigenvalue weighted by molar-refractivity contribution is 5.81. The predicted molar refractivity (Wildman–Crippen MR) is 85.0 cm³/mol. The Morgan fingerprint density at radius 3 is 2.35 bits per heavy atom. The summed E-state index contributed by atoms with van der Waals surface area (Å²) < 4.78 is 0. The molecule has 1 amide bonds. The first kappa shape index (κ1) is 16.5. The summed E-state index contributed by atoms with van der Waals surface area (Å²) in [5, 5.41) is 6.23. The van der Waals surface area contributed by atoms with Crippen molar-refractivity contribution < 1.29 is 4.79 Å². The lowest BCUT2D eigenvalue weighted by Gasteiger charge is -2.23. The van der Waals surface area contributed by atoms with Crippen LogP contribution >= 0.6 is 0 Å². The minimum Gasteiger partial charge on any atom is -0.363 e. The second-order valence-corrected chi connectivity index (χ2v) is 5.18. The Morgan fingerprint density at radius 1 is 1.20 bits per heavy atom. The summed E-state index contributed by atoms with van der Waals surface area (Å²) in [6.07, 6.45) is 0. The van der Waals surface area contributed by atoms with Gasteiger partial charge in [-0.2, -0.15) is 0 Å². The number of anilines is 1. The van der Waals surface area contributed by atoms with Gasteiger partial charge in [0, 0.05) is 24.8 Å². The van der Waals surface area contributed by atoms with E-state index in [0.29, 0.717) is 6.54 Å². The van der Waals surface area contributed by atoms with E-state index in [-0.39, 0.29) is 11.9 Å². The number of benzene rings is 1.